The highest BCUT2D eigenvalue weighted by molar-refractivity contribution is 7.89. The number of ketones is 1. The molecule has 6 heteroatoms. The third kappa shape index (κ3) is 3.71. The third-order valence-corrected chi connectivity index (χ3v) is 6.84. The summed E-state index contributed by atoms with van der Waals surface area (Å²) in [6, 6.07) is 11.4. The highest BCUT2D eigenvalue weighted by Gasteiger charge is 2.32. The molecule has 0 spiro atoms. The predicted octanol–water partition coefficient (Wildman–Crippen LogP) is 3.73. The van der Waals surface area contributed by atoms with Gasteiger partial charge in [0.05, 0.1) is 4.90 Å². The van der Waals surface area contributed by atoms with Crippen LogP contribution in [0.2, 0.25) is 0 Å². The SMILES string of the molecule is Cc1ccc(C(=O)C2CCN(S(=O)(=O)c3ccc(C)c(F)c3)CC2)cc1. The normalized spacial score (nSPS) is 16.6. The molecule has 1 aliphatic heterocycles. The maximum absolute atomic E-state index is 13.7. The van der Waals surface area contributed by atoms with Crippen LogP contribution in [-0.2, 0) is 10.0 Å². The summed E-state index contributed by atoms with van der Waals surface area (Å²) < 4.78 is 40.5. The Hall–Kier alpha value is -2.05. The molecule has 1 aliphatic rings. The van der Waals surface area contributed by atoms with Gasteiger partial charge < -0.3 is 0 Å². The first-order chi connectivity index (χ1) is 12.3. The summed E-state index contributed by atoms with van der Waals surface area (Å²) >= 11 is 0. The second-order valence-corrected chi connectivity index (χ2v) is 8.76. The molecule has 4 nitrogen and oxygen atoms in total. The van der Waals surface area contributed by atoms with Crippen LogP contribution in [0.1, 0.15) is 34.3 Å². The molecule has 138 valence electrons. The van der Waals surface area contributed by atoms with E-state index < -0.39 is 15.8 Å². The smallest absolute Gasteiger partial charge is 0.243 e. The molecule has 2 aromatic rings. The first-order valence-corrected chi connectivity index (χ1v) is 10.1. The zero-order valence-electron chi connectivity index (χ0n) is 14.9. The number of sulfonamides is 1. The van der Waals surface area contributed by atoms with Gasteiger partial charge in [-0.2, -0.15) is 4.31 Å². The van der Waals surface area contributed by atoms with E-state index >= 15 is 0 Å². The van der Waals surface area contributed by atoms with Crippen LogP contribution in [0.25, 0.3) is 0 Å². The standard InChI is InChI=1S/C20H22FNO3S/c1-14-3-6-16(7-4-14)20(23)17-9-11-22(12-10-17)26(24,25)18-8-5-15(2)19(21)13-18/h3-8,13,17H,9-12H2,1-2H3. The Bertz CT molecular complexity index is 915. The van der Waals surface area contributed by atoms with Crippen LogP contribution in [0.4, 0.5) is 4.39 Å². The van der Waals surface area contributed by atoms with Gasteiger partial charge in [0.1, 0.15) is 5.82 Å². The molecule has 3 rings (SSSR count). The zero-order valence-corrected chi connectivity index (χ0v) is 15.7. The van der Waals surface area contributed by atoms with Crippen LogP contribution >= 0.6 is 0 Å². The van der Waals surface area contributed by atoms with E-state index in [9.17, 15) is 17.6 Å². The van der Waals surface area contributed by atoms with Crippen molar-refractivity contribution in [1.29, 1.82) is 0 Å². The number of Topliss-reactive ketones (excluding diaryl/α,β-unsaturated/α-hetero) is 1. The van der Waals surface area contributed by atoms with Crippen molar-refractivity contribution in [3.63, 3.8) is 0 Å². The van der Waals surface area contributed by atoms with Gasteiger partial charge in [-0.3, -0.25) is 4.79 Å². The lowest BCUT2D eigenvalue weighted by Crippen LogP contribution is -2.40. The highest BCUT2D eigenvalue weighted by Crippen LogP contribution is 2.27. The summed E-state index contributed by atoms with van der Waals surface area (Å²) in [6.07, 6.45) is 0.945. The summed E-state index contributed by atoms with van der Waals surface area (Å²) in [5.41, 5.74) is 2.16. The van der Waals surface area contributed by atoms with Gasteiger partial charge in [0.15, 0.2) is 5.78 Å². The van der Waals surface area contributed by atoms with E-state index in [1.165, 1.54) is 16.4 Å². The van der Waals surface area contributed by atoms with Crippen molar-refractivity contribution in [3.05, 3.63) is 65.0 Å². The van der Waals surface area contributed by atoms with E-state index in [4.69, 9.17) is 0 Å². The van der Waals surface area contributed by atoms with E-state index in [2.05, 4.69) is 0 Å². The van der Waals surface area contributed by atoms with Gasteiger partial charge in [0, 0.05) is 24.6 Å². The van der Waals surface area contributed by atoms with E-state index in [1.807, 2.05) is 31.2 Å². The van der Waals surface area contributed by atoms with Gasteiger partial charge in [-0.25, -0.2) is 12.8 Å². The molecule has 0 radical (unpaired) electrons. The fraction of sp³-hybridized carbons (Fsp3) is 0.350. The Morgan fingerprint density at radius 1 is 1.04 bits per heavy atom. The average Bonchev–Trinajstić information content (AvgIpc) is 2.64. The summed E-state index contributed by atoms with van der Waals surface area (Å²) in [6.45, 7) is 4.08. The van der Waals surface area contributed by atoms with Crippen LogP contribution in [0.15, 0.2) is 47.4 Å². The lowest BCUT2D eigenvalue weighted by atomic mass is 9.89. The van der Waals surface area contributed by atoms with Gasteiger partial charge in [-0.15, -0.1) is 0 Å². The highest BCUT2D eigenvalue weighted by atomic mass is 32.2. The Morgan fingerprint density at radius 2 is 1.65 bits per heavy atom. The van der Waals surface area contributed by atoms with E-state index in [0.29, 0.717) is 24.0 Å². The molecule has 0 atom stereocenters. The van der Waals surface area contributed by atoms with E-state index in [0.717, 1.165) is 11.6 Å². The molecule has 1 saturated heterocycles. The van der Waals surface area contributed by atoms with Crippen LogP contribution in [0.5, 0.6) is 0 Å². The average molecular weight is 375 g/mol. The van der Waals surface area contributed by atoms with Gasteiger partial charge in [-0.05, 0) is 44.4 Å². The van der Waals surface area contributed by atoms with Crippen molar-refractivity contribution in [3.8, 4) is 0 Å². The van der Waals surface area contributed by atoms with E-state index in [-0.39, 0.29) is 29.7 Å². The Kier molecular flexibility index (Phi) is 5.25. The maximum Gasteiger partial charge on any atom is 0.243 e. The zero-order chi connectivity index (χ0) is 18.9. The topological polar surface area (TPSA) is 54.5 Å². The summed E-state index contributed by atoms with van der Waals surface area (Å²) in [5.74, 6) is -0.655. The predicted molar refractivity (Wildman–Crippen MR) is 98.1 cm³/mol. The maximum atomic E-state index is 13.7. The first-order valence-electron chi connectivity index (χ1n) is 8.66. The van der Waals surface area contributed by atoms with Crippen molar-refractivity contribution < 1.29 is 17.6 Å². The lowest BCUT2D eigenvalue weighted by Gasteiger charge is -2.30. The second kappa shape index (κ2) is 7.29. The number of nitrogens with zero attached hydrogens (tertiary/aromatic N) is 1. The number of carbonyl (C=O) groups excluding carboxylic acids is 1. The fourth-order valence-electron chi connectivity index (χ4n) is 3.19. The number of rotatable bonds is 4. The molecular formula is C20H22FNO3S. The molecule has 1 heterocycles. The minimum absolute atomic E-state index is 0.0380. The Labute approximate surface area is 153 Å². The Balaban J connectivity index is 1.70. The van der Waals surface area contributed by atoms with Crippen molar-refractivity contribution in [2.75, 3.05) is 13.1 Å². The number of carbonyl (C=O) groups is 1. The number of piperidine rings is 1. The molecule has 0 amide bonds. The van der Waals surface area contributed by atoms with Crippen molar-refractivity contribution in [2.24, 2.45) is 5.92 Å². The minimum Gasteiger partial charge on any atom is -0.294 e. The number of hydrogen-bond acceptors (Lipinski definition) is 3. The van der Waals surface area contributed by atoms with Crippen molar-refractivity contribution in [2.45, 2.75) is 31.6 Å². The minimum atomic E-state index is -3.74. The van der Waals surface area contributed by atoms with Gasteiger partial charge >= 0.3 is 0 Å². The molecule has 0 N–H and O–H groups in total. The Morgan fingerprint density at radius 3 is 2.23 bits per heavy atom. The molecule has 0 bridgehead atoms. The largest absolute Gasteiger partial charge is 0.294 e. The van der Waals surface area contributed by atoms with Crippen molar-refractivity contribution >= 4 is 15.8 Å². The number of halogens is 1. The van der Waals surface area contributed by atoms with E-state index in [1.54, 1.807) is 6.92 Å². The number of aryl methyl sites for hydroxylation is 2. The molecule has 0 aliphatic carbocycles. The first kappa shape index (κ1) is 18.7. The molecule has 2 aromatic carbocycles. The van der Waals surface area contributed by atoms with Gasteiger partial charge in [0.25, 0.3) is 0 Å². The summed E-state index contributed by atoms with van der Waals surface area (Å²) in [5, 5.41) is 0. The third-order valence-electron chi connectivity index (χ3n) is 4.94. The monoisotopic (exact) mass is 375 g/mol. The molecular weight excluding hydrogens is 353 g/mol. The van der Waals surface area contributed by atoms with Crippen LogP contribution in [0.3, 0.4) is 0 Å². The summed E-state index contributed by atoms with van der Waals surface area (Å²) in [4.78, 5) is 12.6. The van der Waals surface area contributed by atoms with Crippen molar-refractivity contribution in [1.82, 2.24) is 4.31 Å². The second-order valence-electron chi connectivity index (χ2n) is 6.82. The molecule has 1 fully saturated rings. The molecule has 26 heavy (non-hydrogen) atoms. The lowest BCUT2D eigenvalue weighted by molar-refractivity contribution is 0.0875. The number of benzene rings is 2. The van der Waals surface area contributed by atoms with Crippen LogP contribution in [0, 0.1) is 25.6 Å². The molecule has 0 unspecified atom stereocenters. The quantitative estimate of drug-likeness (QED) is 0.765. The van der Waals surface area contributed by atoms with Gasteiger partial charge in [-0.1, -0.05) is 35.9 Å². The van der Waals surface area contributed by atoms with Crippen LogP contribution < -0.4 is 0 Å². The fourth-order valence-corrected chi connectivity index (χ4v) is 4.68. The molecule has 0 saturated carbocycles. The van der Waals surface area contributed by atoms with Crippen LogP contribution in [-0.4, -0.2) is 31.6 Å². The van der Waals surface area contributed by atoms with Gasteiger partial charge in [0.2, 0.25) is 10.0 Å². The summed E-state index contributed by atoms with van der Waals surface area (Å²) in [7, 11) is -3.74. The molecule has 0 aromatic heterocycles. The number of hydrogen-bond donors (Lipinski definition) is 0.